The minimum atomic E-state index is -3.84. The Labute approximate surface area is 129 Å². The van der Waals surface area contributed by atoms with Gasteiger partial charge in [-0.2, -0.15) is 4.31 Å². The summed E-state index contributed by atoms with van der Waals surface area (Å²) in [6, 6.07) is 9.42. The highest BCUT2D eigenvalue weighted by Gasteiger charge is 2.27. The van der Waals surface area contributed by atoms with Crippen LogP contribution in [-0.4, -0.2) is 32.8 Å². The maximum absolute atomic E-state index is 12.7. The van der Waals surface area contributed by atoms with E-state index < -0.39 is 16.0 Å². The Morgan fingerprint density at radius 2 is 1.91 bits per heavy atom. The number of methoxy groups -OCH3 is 1. The summed E-state index contributed by atoms with van der Waals surface area (Å²) in [5.74, 6) is 0.538. The predicted octanol–water partition coefficient (Wildman–Crippen LogP) is 2.20. The molecule has 6 nitrogen and oxygen atoms in total. The van der Waals surface area contributed by atoms with E-state index in [1.54, 1.807) is 31.2 Å². The number of hydrogen-bond donors (Lipinski definition) is 0. The third-order valence-electron chi connectivity index (χ3n) is 3.16. The van der Waals surface area contributed by atoms with E-state index in [0.29, 0.717) is 11.5 Å². The molecule has 7 heteroatoms. The molecule has 2 aromatic rings. The van der Waals surface area contributed by atoms with Crippen molar-refractivity contribution in [1.82, 2.24) is 4.31 Å². The number of aryl methyl sites for hydroxylation is 1. The van der Waals surface area contributed by atoms with Gasteiger partial charge in [0.15, 0.2) is 0 Å². The van der Waals surface area contributed by atoms with E-state index >= 15 is 0 Å². The molecule has 0 fully saturated rings. The molecule has 0 spiro atoms. The number of ether oxygens (including phenoxy) is 1. The molecule has 0 saturated carbocycles. The van der Waals surface area contributed by atoms with Crippen molar-refractivity contribution in [2.24, 2.45) is 0 Å². The first-order chi connectivity index (χ1) is 10.4. The van der Waals surface area contributed by atoms with Crippen molar-refractivity contribution in [2.45, 2.75) is 18.4 Å². The van der Waals surface area contributed by atoms with Crippen LogP contribution in [0.25, 0.3) is 0 Å². The van der Waals surface area contributed by atoms with Gasteiger partial charge in [0.2, 0.25) is 10.0 Å². The molecule has 0 N–H and O–H groups in total. The quantitative estimate of drug-likeness (QED) is 0.788. The van der Waals surface area contributed by atoms with Gasteiger partial charge in [-0.05, 0) is 31.2 Å². The largest absolute Gasteiger partial charge is 0.465 e. The standard InChI is InChI=1S/C15H17NO5S/c1-11-8-9-12(21-11)10-16(2)22(18,19)14-7-5-4-6-13(14)15(17)20-3/h4-9H,10H2,1-3H3. The first-order valence-corrected chi connectivity index (χ1v) is 7.99. The third-order valence-corrected chi connectivity index (χ3v) is 5.02. The molecule has 0 bridgehead atoms. The summed E-state index contributed by atoms with van der Waals surface area (Å²) in [5, 5.41) is 0. The van der Waals surface area contributed by atoms with E-state index in [-0.39, 0.29) is 17.0 Å². The molecule has 22 heavy (non-hydrogen) atoms. The second-order valence-electron chi connectivity index (χ2n) is 4.76. The Hall–Kier alpha value is -2.12. The molecule has 0 unspecified atom stereocenters. The van der Waals surface area contributed by atoms with Crippen molar-refractivity contribution in [3.63, 3.8) is 0 Å². The van der Waals surface area contributed by atoms with Crippen LogP contribution in [0.3, 0.4) is 0 Å². The van der Waals surface area contributed by atoms with Crippen LogP contribution in [0, 0.1) is 6.92 Å². The number of carbonyl (C=O) groups excluding carboxylic acids is 1. The number of benzene rings is 1. The van der Waals surface area contributed by atoms with Gasteiger partial charge >= 0.3 is 5.97 Å². The van der Waals surface area contributed by atoms with E-state index in [2.05, 4.69) is 4.74 Å². The van der Waals surface area contributed by atoms with Crippen molar-refractivity contribution in [3.05, 3.63) is 53.5 Å². The average Bonchev–Trinajstić information content (AvgIpc) is 2.91. The normalized spacial score (nSPS) is 11.6. The van der Waals surface area contributed by atoms with E-state index in [1.807, 2.05) is 0 Å². The highest BCUT2D eigenvalue weighted by atomic mass is 32.2. The van der Waals surface area contributed by atoms with Crippen LogP contribution in [0.5, 0.6) is 0 Å². The van der Waals surface area contributed by atoms with Crippen LogP contribution in [0.1, 0.15) is 21.9 Å². The molecule has 0 saturated heterocycles. The average molecular weight is 323 g/mol. The van der Waals surface area contributed by atoms with Crippen LogP contribution >= 0.6 is 0 Å². The first kappa shape index (κ1) is 16.3. The van der Waals surface area contributed by atoms with Gasteiger partial charge in [-0.1, -0.05) is 12.1 Å². The molecule has 2 rings (SSSR count). The minimum Gasteiger partial charge on any atom is -0.465 e. The summed E-state index contributed by atoms with van der Waals surface area (Å²) < 4.78 is 36.5. The van der Waals surface area contributed by atoms with Gasteiger partial charge in [-0.25, -0.2) is 13.2 Å². The zero-order valence-electron chi connectivity index (χ0n) is 12.6. The highest BCUT2D eigenvalue weighted by Crippen LogP contribution is 2.22. The lowest BCUT2D eigenvalue weighted by Gasteiger charge is -2.17. The molecule has 0 aliphatic carbocycles. The predicted molar refractivity (Wildman–Crippen MR) is 79.9 cm³/mol. The number of sulfonamides is 1. The smallest absolute Gasteiger partial charge is 0.339 e. The van der Waals surface area contributed by atoms with Gasteiger partial charge in [0.1, 0.15) is 11.5 Å². The van der Waals surface area contributed by atoms with Gasteiger partial charge in [0.25, 0.3) is 0 Å². The maximum Gasteiger partial charge on any atom is 0.339 e. The van der Waals surface area contributed by atoms with E-state index in [0.717, 1.165) is 4.31 Å². The summed E-state index contributed by atoms with van der Waals surface area (Å²) in [7, 11) is -1.20. The Balaban J connectivity index is 2.36. The van der Waals surface area contributed by atoms with Crippen LogP contribution in [0.2, 0.25) is 0 Å². The highest BCUT2D eigenvalue weighted by molar-refractivity contribution is 7.89. The fourth-order valence-corrected chi connectivity index (χ4v) is 3.33. The SMILES string of the molecule is COC(=O)c1ccccc1S(=O)(=O)N(C)Cc1ccc(C)o1. The van der Waals surface area contributed by atoms with Gasteiger partial charge in [0.05, 0.1) is 24.1 Å². The van der Waals surface area contributed by atoms with E-state index in [1.165, 1.54) is 26.3 Å². The molecule has 1 aromatic carbocycles. The van der Waals surface area contributed by atoms with E-state index in [4.69, 9.17) is 4.42 Å². The molecule has 0 aliphatic rings. The van der Waals surface area contributed by atoms with Crippen LogP contribution in [0.4, 0.5) is 0 Å². The van der Waals surface area contributed by atoms with Crippen molar-refractivity contribution >= 4 is 16.0 Å². The fraction of sp³-hybridized carbons (Fsp3) is 0.267. The second-order valence-corrected chi connectivity index (χ2v) is 6.77. The van der Waals surface area contributed by atoms with Crippen molar-refractivity contribution in [2.75, 3.05) is 14.2 Å². The third kappa shape index (κ3) is 3.20. The van der Waals surface area contributed by atoms with Gasteiger partial charge in [-0.15, -0.1) is 0 Å². The van der Waals surface area contributed by atoms with Gasteiger partial charge in [0, 0.05) is 7.05 Å². The molecule has 1 aromatic heterocycles. The number of nitrogens with zero attached hydrogens (tertiary/aromatic N) is 1. The molecule has 0 amide bonds. The van der Waals surface area contributed by atoms with Crippen molar-refractivity contribution < 1.29 is 22.4 Å². The van der Waals surface area contributed by atoms with Crippen LogP contribution in [0.15, 0.2) is 45.7 Å². The zero-order valence-corrected chi connectivity index (χ0v) is 13.4. The Morgan fingerprint density at radius 1 is 1.23 bits per heavy atom. The summed E-state index contributed by atoms with van der Waals surface area (Å²) in [6.07, 6.45) is 0. The van der Waals surface area contributed by atoms with Crippen molar-refractivity contribution in [3.8, 4) is 0 Å². The number of rotatable bonds is 5. The molecule has 1 heterocycles. The molecule has 118 valence electrons. The van der Waals surface area contributed by atoms with Gasteiger partial charge < -0.3 is 9.15 Å². The van der Waals surface area contributed by atoms with Crippen LogP contribution in [-0.2, 0) is 21.3 Å². The summed E-state index contributed by atoms with van der Waals surface area (Å²) >= 11 is 0. The lowest BCUT2D eigenvalue weighted by molar-refractivity contribution is 0.0596. The monoisotopic (exact) mass is 323 g/mol. The lowest BCUT2D eigenvalue weighted by Crippen LogP contribution is -2.28. The summed E-state index contributed by atoms with van der Waals surface area (Å²) in [6.45, 7) is 1.86. The van der Waals surface area contributed by atoms with Crippen LogP contribution < -0.4 is 0 Å². The van der Waals surface area contributed by atoms with Crippen molar-refractivity contribution in [1.29, 1.82) is 0 Å². The number of esters is 1. The molecule has 0 atom stereocenters. The number of carbonyl (C=O) groups is 1. The summed E-state index contributed by atoms with van der Waals surface area (Å²) in [5.41, 5.74) is 0.00692. The Kier molecular flexibility index (Phi) is 4.68. The second kappa shape index (κ2) is 6.33. The lowest BCUT2D eigenvalue weighted by atomic mass is 10.2. The first-order valence-electron chi connectivity index (χ1n) is 6.55. The Bertz CT molecular complexity index is 779. The topological polar surface area (TPSA) is 76.8 Å². The molecule has 0 radical (unpaired) electrons. The number of furan rings is 1. The fourth-order valence-electron chi connectivity index (χ4n) is 2.01. The minimum absolute atomic E-state index is 0.00692. The number of hydrogen-bond acceptors (Lipinski definition) is 5. The molecular weight excluding hydrogens is 306 g/mol. The van der Waals surface area contributed by atoms with E-state index in [9.17, 15) is 13.2 Å². The van der Waals surface area contributed by atoms with Gasteiger partial charge in [-0.3, -0.25) is 0 Å². The maximum atomic E-state index is 12.7. The summed E-state index contributed by atoms with van der Waals surface area (Å²) in [4.78, 5) is 11.7. The molecular formula is C15H17NO5S. The Morgan fingerprint density at radius 3 is 2.50 bits per heavy atom. The zero-order chi connectivity index (χ0) is 16.3. The molecule has 0 aliphatic heterocycles.